The van der Waals surface area contributed by atoms with E-state index in [1.165, 1.54) is 19.2 Å². The molecule has 0 spiro atoms. The molecule has 1 aromatic rings. The van der Waals surface area contributed by atoms with Gasteiger partial charge in [-0.2, -0.15) is 0 Å². The zero-order valence-corrected chi connectivity index (χ0v) is 8.90. The van der Waals surface area contributed by atoms with Crippen molar-refractivity contribution >= 4 is 28.6 Å². The number of carboxylic acids is 1. The molecule has 0 heterocycles. The van der Waals surface area contributed by atoms with E-state index >= 15 is 0 Å². The van der Waals surface area contributed by atoms with Crippen molar-refractivity contribution in [3.05, 3.63) is 21.3 Å². The molecule has 0 fully saturated rings. The molecule has 0 radical (unpaired) electrons. The van der Waals surface area contributed by atoms with Crippen LogP contribution < -0.4 is 4.74 Å². The van der Waals surface area contributed by atoms with Gasteiger partial charge in [0, 0.05) is 3.57 Å². The molecule has 70 valence electrons. The van der Waals surface area contributed by atoms with Gasteiger partial charge < -0.3 is 14.9 Å². The van der Waals surface area contributed by atoms with Gasteiger partial charge in [-0.25, -0.2) is 4.79 Å². The third-order valence-corrected chi connectivity index (χ3v) is 2.39. The standard InChI is InChI=1S/C8H7IO4/c1-13-7-2-4(8(11)12)5(9)3-6(7)10/h2-3,10H,1H3,(H,11,12). The van der Waals surface area contributed by atoms with E-state index in [0.717, 1.165) is 0 Å². The van der Waals surface area contributed by atoms with Crippen LogP contribution in [0.2, 0.25) is 0 Å². The molecule has 0 aliphatic rings. The minimum Gasteiger partial charge on any atom is -0.504 e. The molecule has 4 nitrogen and oxygen atoms in total. The minimum absolute atomic E-state index is 0.0584. The Balaban J connectivity index is 3.30. The van der Waals surface area contributed by atoms with E-state index in [2.05, 4.69) is 0 Å². The molecule has 0 aliphatic heterocycles. The second kappa shape index (κ2) is 3.82. The fourth-order valence-electron chi connectivity index (χ4n) is 0.870. The highest BCUT2D eigenvalue weighted by Gasteiger charge is 2.12. The summed E-state index contributed by atoms with van der Waals surface area (Å²) in [6.07, 6.45) is 0. The third-order valence-electron chi connectivity index (χ3n) is 1.50. The van der Waals surface area contributed by atoms with Gasteiger partial charge >= 0.3 is 5.97 Å². The van der Waals surface area contributed by atoms with Crippen molar-refractivity contribution < 1.29 is 19.7 Å². The lowest BCUT2D eigenvalue weighted by atomic mass is 10.2. The molecule has 5 heteroatoms. The quantitative estimate of drug-likeness (QED) is 0.815. The van der Waals surface area contributed by atoms with E-state index in [1.807, 2.05) is 22.6 Å². The summed E-state index contributed by atoms with van der Waals surface area (Å²) in [5.74, 6) is -0.933. The maximum Gasteiger partial charge on any atom is 0.336 e. The van der Waals surface area contributed by atoms with Crippen molar-refractivity contribution in [2.75, 3.05) is 7.11 Å². The number of hydrogen-bond donors (Lipinski definition) is 2. The lowest BCUT2D eigenvalue weighted by Crippen LogP contribution is -2.00. The number of phenolic OH excluding ortho intramolecular Hbond substituents is 1. The molecule has 0 amide bonds. The SMILES string of the molecule is COc1cc(C(=O)O)c(I)cc1O. The molecule has 0 aromatic heterocycles. The number of aromatic hydroxyl groups is 1. The first-order valence-electron chi connectivity index (χ1n) is 3.36. The number of methoxy groups -OCH3 is 1. The number of carboxylic acid groups (broad SMARTS) is 1. The zero-order chi connectivity index (χ0) is 10.0. The van der Waals surface area contributed by atoms with Gasteiger partial charge in [0.1, 0.15) is 0 Å². The van der Waals surface area contributed by atoms with Crippen LogP contribution in [0.25, 0.3) is 0 Å². The van der Waals surface area contributed by atoms with Gasteiger partial charge in [0.25, 0.3) is 0 Å². The Bertz CT molecular complexity index is 348. The van der Waals surface area contributed by atoms with Crippen molar-refractivity contribution in [2.45, 2.75) is 0 Å². The van der Waals surface area contributed by atoms with E-state index in [9.17, 15) is 9.90 Å². The van der Waals surface area contributed by atoms with E-state index in [0.29, 0.717) is 3.57 Å². The molecule has 0 aliphatic carbocycles. The largest absolute Gasteiger partial charge is 0.504 e. The first-order valence-corrected chi connectivity index (χ1v) is 4.44. The monoisotopic (exact) mass is 294 g/mol. The predicted octanol–water partition coefficient (Wildman–Crippen LogP) is 1.70. The maximum absolute atomic E-state index is 10.7. The highest BCUT2D eigenvalue weighted by Crippen LogP contribution is 2.30. The van der Waals surface area contributed by atoms with Crippen LogP contribution in [0, 0.1) is 3.57 Å². The Morgan fingerprint density at radius 3 is 2.62 bits per heavy atom. The van der Waals surface area contributed by atoms with E-state index in [4.69, 9.17) is 9.84 Å². The topological polar surface area (TPSA) is 66.8 Å². The molecule has 0 bridgehead atoms. The first-order chi connectivity index (χ1) is 6.06. The van der Waals surface area contributed by atoms with Gasteiger partial charge in [-0.05, 0) is 34.7 Å². The second-order valence-corrected chi connectivity index (χ2v) is 3.47. The normalized spacial score (nSPS) is 9.69. The Hall–Kier alpha value is -0.980. The fraction of sp³-hybridized carbons (Fsp3) is 0.125. The summed E-state index contributed by atoms with van der Waals surface area (Å²) >= 11 is 1.84. The van der Waals surface area contributed by atoms with Gasteiger partial charge in [0.05, 0.1) is 12.7 Å². The van der Waals surface area contributed by atoms with Crippen LogP contribution in [0.5, 0.6) is 11.5 Å². The zero-order valence-electron chi connectivity index (χ0n) is 6.74. The number of halogens is 1. The summed E-state index contributed by atoms with van der Waals surface area (Å²) in [7, 11) is 1.37. The molecule has 0 atom stereocenters. The molecule has 1 aromatic carbocycles. The minimum atomic E-state index is -1.04. The molecule has 1 rings (SSSR count). The summed E-state index contributed by atoms with van der Waals surface area (Å²) in [6, 6.07) is 2.64. The van der Waals surface area contributed by atoms with E-state index < -0.39 is 5.97 Å². The Labute approximate surface area is 88.3 Å². The predicted molar refractivity (Wildman–Crippen MR) is 54.3 cm³/mol. The Morgan fingerprint density at radius 2 is 2.15 bits per heavy atom. The lowest BCUT2D eigenvalue weighted by molar-refractivity contribution is 0.0695. The number of aromatic carboxylic acids is 1. The fourth-order valence-corrected chi connectivity index (χ4v) is 1.55. The number of benzene rings is 1. The number of phenols is 1. The molecular formula is C8H7IO4. The van der Waals surface area contributed by atoms with Crippen LogP contribution in [0.15, 0.2) is 12.1 Å². The molecule has 2 N–H and O–H groups in total. The van der Waals surface area contributed by atoms with E-state index in [-0.39, 0.29) is 17.1 Å². The summed E-state index contributed by atoms with van der Waals surface area (Å²) in [4.78, 5) is 10.7. The number of hydrogen-bond acceptors (Lipinski definition) is 3. The van der Waals surface area contributed by atoms with Crippen molar-refractivity contribution in [3.8, 4) is 11.5 Å². The lowest BCUT2D eigenvalue weighted by Gasteiger charge is -2.05. The number of carbonyl (C=O) groups is 1. The number of rotatable bonds is 2. The van der Waals surface area contributed by atoms with Crippen LogP contribution in [0.1, 0.15) is 10.4 Å². The Kier molecular flexibility index (Phi) is 2.97. The van der Waals surface area contributed by atoms with Crippen LogP contribution in [0.3, 0.4) is 0 Å². The molecule has 0 unspecified atom stereocenters. The summed E-state index contributed by atoms with van der Waals surface area (Å²) < 4.78 is 5.25. The molecule has 0 saturated heterocycles. The highest BCUT2D eigenvalue weighted by atomic mass is 127. The van der Waals surface area contributed by atoms with Gasteiger partial charge in [-0.3, -0.25) is 0 Å². The van der Waals surface area contributed by atoms with Crippen molar-refractivity contribution in [1.82, 2.24) is 0 Å². The van der Waals surface area contributed by atoms with Gasteiger partial charge in [-0.15, -0.1) is 0 Å². The first kappa shape index (κ1) is 10.1. The van der Waals surface area contributed by atoms with Crippen molar-refractivity contribution in [1.29, 1.82) is 0 Å². The summed E-state index contributed by atoms with van der Waals surface area (Å²) in [6.45, 7) is 0. The van der Waals surface area contributed by atoms with Crippen molar-refractivity contribution in [3.63, 3.8) is 0 Å². The molecule has 0 saturated carbocycles. The van der Waals surface area contributed by atoms with Crippen LogP contribution >= 0.6 is 22.6 Å². The smallest absolute Gasteiger partial charge is 0.336 e. The van der Waals surface area contributed by atoms with Gasteiger partial charge in [0.15, 0.2) is 11.5 Å². The molecule has 13 heavy (non-hydrogen) atoms. The average molecular weight is 294 g/mol. The summed E-state index contributed by atoms with van der Waals surface area (Å²) in [5.41, 5.74) is 0.121. The van der Waals surface area contributed by atoms with Crippen LogP contribution in [0.4, 0.5) is 0 Å². The highest BCUT2D eigenvalue weighted by molar-refractivity contribution is 14.1. The van der Waals surface area contributed by atoms with Gasteiger partial charge in [-0.1, -0.05) is 0 Å². The molecular weight excluding hydrogens is 287 g/mol. The van der Waals surface area contributed by atoms with Crippen LogP contribution in [-0.2, 0) is 0 Å². The summed E-state index contributed by atoms with van der Waals surface area (Å²) in [5, 5.41) is 18.0. The second-order valence-electron chi connectivity index (χ2n) is 2.31. The Morgan fingerprint density at radius 1 is 1.54 bits per heavy atom. The van der Waals surface area contributed by atoms with Crippen molar-refractivity contribution in [2.24, 2.45) is 0 Å². The van der Waals surface area contributed by atoms with Gasteiger partial charge in [0.2, 0.25) is 0 Å². The van der Waals surface area contributed by atoms with Crippen LogP contribution in [-0.4, -0.2) is 23.3 Å². The van der Waals surface area contributed by atoms with E-state index in [1.54, 1.807) is 0 Å². The third kappa shape index (κ3) is 2.03. The maximum atomic E-state index is 10.7. The number of ether oxygens (including phenoxy) is 1. The average Bonchev–Trinajstić information content (AvgIpc) is 2.03.